The van der Waals surface area contributed by atoms with E-state index in [1.54, 1.807) is 19.2 Å². The molecular formula is C25H28O6. The number of aryl methyl sites for hydroxylation is 1. The van der Waals surface area contributed by atoms with Crippen molar-refractivity contribution in [3.8, 4) is 16.9 Å². The number of aliphatic hydroxyl groups is 1. The van der Waals surface area contributed by atoms with Gasteiger partial charge in [0.15, 0.2) is 12.1 Å². The van der Waals surface area contributed by atoms with E-state index in [-0.39, 0.29) is 35.6 Å². The van der Waals surface area contributed by atoms with E-state index >= 15 is 0 Å². The number of phenols is 1. The second kappa shape index (κ2) is 9.22. The molecule has 31 heavy (non-hydrogen) atoms. The van der Waals surface area contributed by atoms with E-state index in [0.29, 0.717) is 38.0 Å². The van der Waals surface area contributed by atoms with E-state index in [1.165, 1.54) is 0 Å². The Bertz CT molecular complexity index is 978. The molecule has 1 saturated heterocycles. The molecule has 0 amide bonds. The molecule has 1 aliphatic heterocycles. The van der Waals surface area contributed by atoms with Crippen molar-refractivity contribution in [2.75, 3.05) is 20.3 Å². The third-order valence-corrected chi connectivity index (χ3v) is 5.92. The minimum atomic E-state index is -0.369. The zero-order valence-electron chi connectivity index (χ0n) is 17.8. The maximum atomic E-state index is 13.0. The van der Waals surface area contributed by atoms with Gasteiger partial charge in [0.05, 0.1) is 18.8 Å². The van der Waals surface area contributed by atoms with Gasteiger partial charge in [0.2, 0.25) is 0 Å². The van der Waals surface area contributed by atoms with E-state index in [0.717, 1.165) is 22.3 Å². The highest BCUT2D eigenvalue weighted by atomic mass is 16.7. The normalized spacial score (nSPS) is 24.1. The SMILES string of the molecule is COCC1COC(CC2CC(=O)C(c3cc(-c4ccc(O)cc4)ccc3C)=C(O)C2)O1. The van der Waals surface area contributed by atoms with Crippen molar-refractivity contribution in [2.45, 2.75) is 38.6 Å². The lowest BCUT2D eigenvalue weighted by atomic mass is 9.81. The summed E-state index contributed by atoms with van der Waals surface area (Å²) in [6.07, 6.45) is 0.879. The van der Waals surface area contributed by atoms with Crippen LogP contribution in [0.25, 0.3) is 16.7 Å². The van der Waals surface area contributed by atoms with Gasteiger partial charge in [0.25, 0.3) is 0 Å². The molecule has 0 saturated carbocycles. The number of hydrogen-bond acceptors (Lipinski definition) is 6. The molecule has 3 unspecified atom stereocenters. The molecular weight excluding hydrogens is 396 g/mol. The molecule has 0 aromatic heterocycles. The molecule has 2 aliphatic rings. The van der Waals surface area contributed by atoms with Crippen LogP contribution in [0.3, 0.4) is 0 Å². The lowest BCUT2D eigenvalue weighted by Crippen LogP contribution is -2.24. The summed E-state index contributed by atoms with van der Waals surface area (Å²) < 4.78 is 16.6. The van der Waals surface area contributed by atoms with Crippen LogP contribution in [0.4, 0.5) is 0 Å². The quantitative estimate of drug-likeness (QED) is 0.715. The summed E-state index contributed by atoms with van der Waals surface area (Å²) in [7, 11) is 1.62. The number of methoxy groups -OCH3 is 1. The number of hydrogen-bond donors (Lipinski definition) is 2. The van der Waals surface area contributed by atoms with Gasteiger partial charge in [-0.2, -0.15) is 0 Å². The predicted octanol–water partition coefficient (Wildman–Crippen LogP) is 4.39. The average Bonchev–Trinajstić information content (AvgIpc) is 3.16. The Morgan fingerprint density at radius 1 is 1.06 bits per heavy atom. The molecule has 2 aromatic rings. The van der Waals surface area contributed by atoms with E-state index in [4.69, 9.17) is 14.2 Å². The van der Waals surface area contributed by atoms with Crippen LogP contribution in [0.5, 0.6) is 5.75 Å². The van der Waals surface area contributed by atoms with Crippen LogP contribution >= 0.6 is 0 Å². The third kappa shape index (κ3) is 4.82. The van der Waals surface area contributed by atoms with Crippen LogP contribution in [-0.4, -0.2) is 48.7 Å². The molecule has 0 radical (unpaired) electrons. The zero-order chi connectivity index (χ0) is 22.0. The fourth-order valence-electron chi connectivity index (χ4n) is 4.35. The number of aliphatic hydroxyl groups excluding tert-OH is 1. The van der Waals surface area contributed by atoms with Gasteiger partial charge in [-0.1, -0.05) is 24.3 Å². The van der Waals surface area contributed by atoms with Crippen LogP contribution in [0.1, 0.15) is 30.4 Å². The van der Waals surface area contributed by atoms with Crippen LogP contribution in [-0.2, 0) is 19.0 Å². The molecule has 0 bridgehead atoms. The standard InChI is InChI=1S/C25H28O6/c1-15-3-4-18(17-5-7-19(26)8-6-17)12-21(15)25-22(27)9-16(10-23(25)28)11-24-30-14-20(31-24)13-29-2/h3-8,12,16,20,24,26-27H,9-11,13-14H2,1-2H3. The molecule has 4 rings (SSSR count). The second-order valence-electron chi connectivity index (χ2n) is 8.31. The molecule has 2 aromatic carbocycles. The smallest absolute Gasteiger partial charge is 0.167 e. The van der Waals surface area contributed by atoms with Gasteiger partial charge in [-0.3, -0.25) is 4.79 Å². The summed E-state index contributed by atoms with van der Waals surface area (Å²) in [6, 6.07) is 12.8. The maximum absolute atomic E-state index is 13.0. The van der Waals surface area contributed by atoms with E-state index in [2.05, 4.69) is 0 Å². The fraction of sp³-hybridized carbons (Fsp3) is 0.400. The Balaban J connectivity index is 1.53. The average molecular weight is 424 g/mol. The van der Waals surface area contributed by atoms with Gasteiger partial charge in [-0.05, 0) is 53.3 Å². The van der Waals surface area contributed by atoms with Crippen molar-refractivity contribution in [2.24, 2.45) is 5.92 Å². The van der Waals surface area contributed by atoms with E-state index in [9.17, 15) is 15.0 Å². The second-order valence-corrected chi connectivity index (χ2v) is 8.31. The van der Waals surface area contributed by atoms with Crippen LogP contribution in [0.15, 0.2) is 48.2 Å². The van der Waals surface area contributed by atoms with Crippen LogP contribution in [0, 0.1) is 12.8 Å². The van der Waals surface area contributed by atoms with Crippen LogP contribution in [0.2, 0.25) is 0 Å². The van der Waals surface area contributed by atoms with Crippen LogP contribution < -0.4 is 0 Å². The first-order valence-corrected chi connectivity index (χ1v) is 10.6. The number of phenolic OH excluding ortho intramolecular Hbond substituents is 1. The van der Waals surface area contributed by atoms with E-state index in [1.807, 2.05) is 37.3 Å². The minimum Gasteiger partial charge on any atom is -0.512 e. The van der Waals surface area contributed by atoms with Crippen molar-refractivity contribution in [3.63, 3.8) is 0 Å². The predicted molar refractivity (Wildman–Crippen MR) is 117 cm³/mol. The Kier molecular flexibility index (Phi) is 6.41. The molecule has 1 fully saturated rings. The largest absolute Gasteiger partial charge is 0.512 e. The van der Waals surface area contributed by atoms with Gasteiger partial charge in [0, 0.05) is 26.4 Å². The van der Waals surface area contributed by atoms with Crippen molar-refractivity contribution < 1.29 is 29.2 Å². The summed E-state index contributed by atoms with van der Waals surface area (Å²) in [5.74, 6) is 0.238. The Hall–Kier alpha value is -2.67. The van der Waals surface area contributed by atoms with Crippen molar-refractivity contribution in [3.05, 3.63) is 59.4 Å². The molecule has 6 heteroatoms. The Morgan fingerprint density at radius 2 is 1.81 bits per heavy atom. The van der Waals surface area contributed by atoms with Crippen molar-refractivity contribution >= 4 is 11.4 Å². The fourth-order valence-corrected chi connectivity index (χ4v) is 4.35. The summed E-state index contributed by atoms with van der Waals surface area (Å²) in [5, 5.41) is 20.4. The molecule has 1 aliphatic carbocycles. The van der Waals surface area contributed by atoms with Gasteiger partial charge in [-0.25, -0.2) is 0 Å². The monoisotopic (exact) mass is 424 g/mol. The first-order valence-electron chi connectivity index (χ1n) is 10.6. The molecule has 2 N–H and O–H groups in total. The summed E-state index contributed by atoms with van der Waals surface area (Å²) in [4.78, 5) is 13.0. The number of benzene rings is 2. The molecule has 1 heterocycles. The van der Waals surface area contributed by atoms with Crippen molar-refractivity contribution in [1.29, 1.82) is 0 Å². The van der Waals surface area contributed by atoms with Gasteiger partial charge in [-0.15, -0.1) is 0 Å². The Labute approximate surface area is 182 Å². The minimum absolute atomic E-state index is 0.0249. The number of rotatable bonds is 6. The van der Waals surface area contributed by atoms with Gasteiger partial charge >= 0.3 is 0 Å². The molecule has 0 spiro atoms. The molecule has 3 atom stereocenters. The summed E-state index contributed by atoms with van der Waals surface area (Å²) in [6.45, 7) is 2.90. The topological polar surface area (TPSA) is 85.2 Å². The zero-order valence-corrected chi connectivity index (χ0v) is 17.8. The van der Waals surface area contributed by atoms with Gasteiger partial charge < -0.3 is 24.4 Å². The van der Waals surface area contributed by atoms with E-state index < -0.39 is 0 Å². The van der Waals surface area contributed by atoms with Crippen molar-refractivity contribution in [1.82, 2.24) is 0 Å². The maximum Gasteiger partial charge on any atom is 0.167 e. The first-order chi connectivity index (χ1) is 14.9. The highest BCUT2D eigenvalue weighted by molar-refractivity contribution is 6.22. The summed E-state index contributed by atoms with van der Waals surface area (Å²) >= 11 is 0. The molecule has 6 nitrogen and oxygen atoms in total. The highest BCUT2D eigenvalue weighted by Gasteiger charge is 2.34. The number of Topliss-reactive ketones (excluding diaryl/α,β-unsaturated/α-hetero) is 1. The number of carbonyl (C=O) groups excluding carboxylic acids is 1. The first kappa shape index (κ1) is 21.6. The molecule has 164 valence electrons. The number of allylic oxidation sites excluding steroid dienone is 2. The number of aromatic hydroxyl groups is 1. The summed E-state index contributed by atoms with van der Waals surface area (Å²) in [5.41, 5.74) is 3.94. The Morgan fingerprint density at radius 3 is 2.52 bits per heavy atom. The lowest BCUT2D eigenvalue weighted by molar-refractivity contribution is -0.117. The number of ketones is 1. The number of ether oxygens (including phenoxy) is 3. The van der Waals surface area contributed by atoms with Gasteiger partial charge in [0.1, 0.15) is 17.6 Å². The lowest BCUT2D eigenvalue weighted by Gasteiger charge is -2.26. The highest BCUT2D eigenvalue weighted by Crippen LogP contribution is 2.37. The number of carbonyl (C=O) groups is 1. The third-order valence-electron chi connectivity index (χ3n) is 5.92.